The van der Waals surface area contributed by atoms with Crippen LogP contribution in [-0.2, 0) is 37.6 Å². The zero-order chi connectivity index (χ0) is 34.7. The summed E-state index contributed by atoms with van der Waals surface area (Å²) < 4.78 is 28.0. The number of unbranched alkanes of at least 4 members (excludes halogenated alkanes) is 1. The van der Waals surface area contributed by atoms with Gasteiger partial charge in [0.1, 0.15) is 23.6 Å². The summed E-state index contributed by atoms with van der Waals surface area (Å²) in [6.45, 7) is 10.2. The third kappa shape index (κ3) is 10.5. The molecule has 2 atom stereocenters. The lowest BCUT2D eigenvalue weighted by atomic mass is 9.75. The summed E-state index contributed by atoms with van der Waals surface area (Å²) in [7, 11) is 3.33. The number of nitrogens with zero attached hydrogens (tertiary/aromatic N) is 3. The summed E-state index contributed by atoms with van der Waals surface area (Å²) in [6, 6.07) is 9.63. The average molecular weight is 670 g/mol. The number of carbonyl (C=O) groups is 2. The fourth-order valence-electron chi connectivity index (χ4n) is 6.02. The molecule has 1 aliphatic carbocycles. The van der Waals surface area contributed by atoms with Crippen molar-refractivity contribution >= 4 is 12.0 Å². The Bertz CT molecular complexity index is 1320. The molecule has 4 rings (SSSR count). The number of aromatic nitrogens is 1. The van der Waals surface area contributed by atoms with Gasteiger partial charge in [0.2, 0.25) is 11.8 Å². The highest BCUT2D eigenvalue weighted by atomic mass is 16.6. The lowest BCUT2D eigenvalue weighted by molar-refractivity contribution is -0.155. The molecule has 11 heteroatoms. The van der Waals surface area contributed by atoms with Gasteiger partial charge in [-0.2, -0.15) is 0 Å². The molecular formula is C37H55N3O8. The van der Waals surface area contributed by atoms with Crippen molar-refractivity contribution < 1.29 is 38.4 Å². The minimum atomic E-state index is -1.55. The van der Waals surface area contributed by atoms with E-state index in [0.29, 0.717) is 44.4 Å². The van der Waals surface area contributed by atoms with Crippen LogP contribution < -0.4 is 9.47 Å². The second-order valence-electron chi connectivity index (χ2n) is 13.9. The van der Waals surface area contributed by atoms with E-state index < -0.39 is 23.2 Å². The number of benzene rings is 1. The van der Waals surface area contributed by atoms with E-state index >= 15 is 0 Å². The molecule has 2 fully saturated rings. The number of aliphatic hydroxyl groups is 1. The maximum Gasteiger partial charge on any atom is 0.410 e. The second-order valence-corrected chi connectivity index (χ2v) is 13.9. The number of aryl methyl sites for hydroxylation is 1. The van der Waals surface area contributed by atoms with Crippen LogP contribution in [0.2, 0.25) is 0 Å². The highest BCUT2D eigenvalue weighted by Gasteiger charge is 2.51. The van der Waals surface area contributed by atoms with Gasteiger partial charge in [0.25, 0.3) is 0 Å². The van der Waals surface area contributed by atoms with Gasteiger partial charge in [-0.05, 0) is 94.2 Å². The monoisotopic (exact) mass is 669 g/mol. The summed E-state index contributed by atoms with van der Waals surface area (Å²) >= 11 is 0. The Labute approximate surface area is 285 Å². The number of rotatable bonds is 17. The van der Waals surface area contributed by atoms with E-state index in [1.807, 2.05) is 37.8 Å². The summed E-state index contributed by atoms with van der Waals surface area (Å²) in [5.41, 5.74) is 0.341. The predicted molar refractivity (Wildman–Crippen MR) is 182 cm³/mol. The number of hydrogen-bond acceptors (Lipinski definition) is 9. The highest BCUT2D eigenvalue weighted by molar-refractivity contribution is 5.82. The van der Waals surface area contributed by atoms with E-state index in [4.69, 9.17) is 23.7 Å². The van der Waals surface area contributed by atoms with Crippen molar-refractivity contribution in [1.82, 2.24) is 14.8 Å². The second kappa shape index (κ2) is 17.3. The van der Waals surface area contributed by atoms with Crippen LogP contribution in [-0.4, -0.2) is 97.3 Å². The van der Waals surface area contributed by atoms with Crippen LogP contribution in [0.3, 0.4) is 0 Å². The maximum absolute atomic E-state index is 14.8. The third-order valence-corrected chi connectivity index (χ3v) is 8.69. The Morgan fingerprint density at radius 2 is 1.75 bits per heavy atom. The molecule has 2 amide bonds. The fraction of sp³-hybridized carbons (Fsp3) is 0.649. The number of pyridine rings is 1. The smallest absolute Gasteiger partial charge is 0.410 e. The summed E-state index contributed by atoms with van der Waals surface area (Å²) in [5.74, 6) is -0.0176. The van der Waals surface area contributed by atoms with Crippen LogP contribution >= 0.6 is 0 Å². The number of methoxy groups -OCH3 is 2. The average Bonchev–Trinajstić information content (AvgIpc) is 3.89. The number of likely N-dealkylation sites (tertiary alicyclic amines) is 1. The number of piperidine rings is 1. The predicted octanol–water partition coefficient (Wildman–Crippen LogP) is 5.50. The minimum Gasteiger partial charge on any atom is -0.491 e. The Morgan fingerprint density at radius 1 is 1.00 bits per heavy atom. The summed E-state index contributed by atoms with van der Waals surface area (Å²) in [4.78, 5) is 35.8. The normalized spacial score (nSPS) is 19.6. The van der Waals surface area contributed by atoms with Gasteiger partial charge < -0.3 is 38.6 Å². The molecule has 1 saturated carbocycles. The maximum atomic E-state index is 14.8. The van der Waals surface area contributed by atoms with E-state index in [1.165, 1.54) is 0 Å². The first-order valence-electron chi connectivity index (χ1n) is 17.3. The Kier molecular flexibility index (Phi) is 13.5. The van der Waals surface area contributed by atoms with Crippen molar-refractivity contribution in [3.8, 4) is 11.6 Å². The summed E-state index contributed by atoms with van der Waals surface area (Å²) in [6.07, 6.45) is 6.54. The van der Waals surface area contributed by atoms with Gasteiger partial charge in [0, 0.05) is 58.8 Å². The number of carbonyl (C=O) groups excluding carboxylic acids is 2. The molecule has 11 nitrogen and oxygen atoms in total. The van der Waals surface area contributed by atoms with Gasteiger partial charge in [-0.25, -0.2) is 9.78 Å². The molecule has 1 aromatic heterocycles. The van der Waals surface area contributed by atoms with E-state index in [-0.39, 0.29) is 31.5 Å². The molecule has 0 spiro atoms. The first-order chi connectivity index (χ1) is 23.0. The molecule has 2 aromatic rings. The standard InChI is InChI=1S/C37H55N3O8/c1-7-8-18-47-33-24-29(13-15-38-33)37(43)14-16-39(35(42)48-36(2,3)4)26-32(37)34(41)40(30-11-12-30)25-28-21-27(10-9-17-44-5)22-31(23-28)46-20-19-45-6/h13,15,21-24,30,32,43H,7-12,14,16-20,25-26H2,1-6H3/t32-,37+/m1/s1. The molecule has 2 heterocycles. The van der Waals surface area contributed by atoms with E-state index in [9.17, 15) is 14.7 Å². The van der Waals surface area contributed by atoms with Gasteiger partial charge >= 0.3 is 6.09 Å². The van der Waals surface area contributed by atoms with Crippen molar-refractivity contribution in [3.63, 3.8) is 0 Å². The first kappa shape index (κ1) is 37.4. The SMILES string of the molecule is CCCCOc1cc([C@@]2(O)CCN(C(=O)OC(C)(C)C)C[C@@H]2C(=O)N(Cc2cc(CCCOC)cc(OCCOC)c2)C2CC2)ccn1. The van der Waals surface area contributed by atoms with Crippen molar-refractivity contribution in [1.29, 1.82) is 0 Å². The van der Waals surface area contributed by atoms with Gasteiger partial charge in [-0.1, -0.05) is 19.4 Å². The molecule has 1 aliphatic heterocycles. The molecule has 266 valence electrons. The molecule has 48 heavy (non-hydrogen) atoms. The van der Waals surface area contributed by atoms with Crippen molar-refractivity contribution in [3.05, 3.63) is 53.2 Å². The lowest BCUT2D eigenvalue weighted by Gasteiger charge is -2.45. The molecule has 1 N–H and O–H groups in total. The van der Waals surface area contributed by atoms with E-state index in [1.54, 1.807) is 37.4 Å². The quantitative estimate of drug-likeness (QED) is 0.218. The zero-order valence-corrected chi connectivity index (χ0v) is 29.7. The number of amides is 2. The third-order valence-electron chi connectivity index (χ3n) is 8.69. The van der Waals surface area contributed by atoms with Gasteiger partial charge in [-0.3, -0.25) is 4.79 Å². The molecule has 0 unspecified atom stereocenters. The number of ether oxygens (including phenoxy) is 5. The van der Waals surface area contributed by atoms with Crippen LogP contribution in [0.5, 0.6) is 11.6 Å². The van der Waals surface area contributed by atoms with Crippen LogP contribution in [0.4, 0.5) is 4.79 Å². The Hall–Kier alpha value is -3.41. The molecule has 1 saturated heterocycles. The first-order valence-corrected chi connectivity index (χ1v) is 17.3. The van der Waals surface area contributed by atoms with Crippen molar-refractivity contribution in [2.75, 3.05) is 53.7 Å². The molecule has 1 aromatic carbocycles. The molecule has 2 aliphatic rings. The summed E-state index contributed by atoms with van der Waals surface area (Å²) in [5, 5.41) is 12.5. The Balaban J connectivity index is 1.66. The molecule has 0 radical (unpaired) electrons. The van der Waals surface area contributed by atoms with E-state index in [2.05, 4.69) is 18.0 Å². The largest absolute Gasteiger partial charge is 0.491 e. The number of hydrogen-bond donors (Lipinski definition) is 1. The zero-order valence-electron chi connectivity index (χ0n) is 29.7. The van der Waals surface area contributed by atoms with E-state index in [0.717, 1.165) is 55.4 Å². The van der Waals surface area contributed by atoms with Crippen LogP contribution in [0.25, 0.3) is 0 Å². The van der Waals surface area contributed by atoms with Gasteiger partial charge in [0.05, 0.1) is 19.1 Å². The van der Waals surface area contributed by atoms with Crippen LogP contribution in [0, 0.1) is 5.92 Å². The van der Waals surface area contributed by atoms with Crippen LogP contribution in [0.1, 0.15) is 82.9 Å². The minimum absolute atomic E-state index is 0.0181. The fourth-order valence-corrected chi connectivity index (χ4v) is 6.02. The van der Waals surface area contributed by atoms with Gasteiger partial charge in [0.15, 0.2) is 0 Å². The lowest BCUT2D eigenvalue weighted by Crippen LogP contribution is -2.58. The Morgan fingerprint density at radius 3 is 2.44 bits per heavy atom. The molecule has 0 bridgehead atoms. The van der Waals surface area contributed by atoms with Crippen molar-refractivity contribution in [2.24, 2.45) is 5.92 Å². The topological polar surface area (TPSA) is 120 Å². The van der Waals surface area contributed by atoms with Gasteiger partial charge in [-0.15, -0.1) is 0 Å². The van der Waals surface area contributed by atoms with Crippen LogP contribution in [0.15, 0.2) is 36.5 Å². The molecular weight excluding hydrogens is 614 g/mol. The highest BCUT2D eigenvalue weighted by Crippen LogP contribution is 2.42. The van der Waals surface area contributed by atoms with Crippen molar-refractivity contribution in [2.45, 2.75) is 96.4 Å².